The van der Waals surface area contributed by atoms with Gasteiger partial charge in [-0.1, -0.05) is 48.5 Å². The van der Waals surface area contributed by atoms with Gasteiger partial charge in [-0.2, -0.15) is 4.37 Å². The first-order valence-electron chi connectivity index (χ1n) is 7.91. The largest absolute Gasteiger partial charge is 0.369 e. The van der Waals surface area contributed by atoms with E-state index in [-0.39, 0.29) is 18.3 Å². The third kappa shape index (κ3) is 3.54. The van der Waals surface area contributed by atoms with Crippen LogP contribution in [0.15, 0.2) is 54.6 Å². The minimum atomic E-state index is -0.925. The highest BCUT2D eigenvalue weighted by molar-refractivity contribution is 7.13. The summed E-state index contributed by atoms with van der Waals surface area (Å²) in [5.41, 5.74) is 6.72. The number of aromatic nitrogens is 1. The number of primary amides is 1. The molecule has 6 heteroatoms. The molecule has 3 aromatic rings. The van der Waals surface area contributed by atoms with Crippen molar-refractivity contribution < 1.29 is 4.79 Å². The lowest BCUT2D eigenvalue weighted by Crippen LogP contribution is -2.44. The smallest absolute Gasteiger partial charge is 0.234 e. The van der Waals surface area contributed by atoms with Gasteiger partial charge in [0.25, 0.3) is 0 Å². The molecule has 0 aliphatic rings. The Labute approximate surface area is 158 Å². The molecule has 0 fully saturated rings. The van der Waals surface area contributed by atoms with Crippen LogP contribution in [0.1, 0.15) is 17.7 Å². The van der Waals surface area contributed by atoms with Crippen molar-refractivity contribution >= 4 is 39.9 Å². The zero-order valence-electron chi connectivity index (χ0n) is 14.3. The van der Waals surface area contributed by atoms with E-state index in [1.165, 1.54) is 11.5 Å². The molecule has 1 heterocycles. The minimum Gasteiger partial charge on any atom is -0.369 e. The number of carbonyl (C=O) groups excluding carboxylic acids is 1. The van der Waals surface area contributed by atoms with Crippen molar-refractivity contribution in [3.63, 3.8) is 0 Å². The Morgan fingerprint density at radius 2 is 1.76 bits per heavy atom. The summed E-state index contributed by atoms with van der Waals surface area (Å²) in [6.07, 6.45) is 0.590. The van der Waals surface area contributed by atoms with Gasteiger partial charge < -0.3 is 10.6 Å². The summed E-state index contributed by atoms with van der Waals surface area (Å²) in [5, 5.41) is 1.00. The van der Waals surface area contributed by atoms with Crippen molar-refractivity contribution in [1.82, 2.24) is 9.27 Å². The van der Waals surface area contributed by atoms with Gasteiger partial charge in [-0.15, -0.1) is 12.4 Å². The quantitative estimate of drug-likeness (QED) is 0.717. The van der Waals surface area contributed by atoms with Crippen LogP contribution >= 0.6 is 23.9 Å². The summed E-state index contributed by atoms with van der Waals surface area (Å²) in [4.78, 5) is 14.8. The molecule has 0 aliphatic carbocycles. The lowest BCUT2D eigenvalue weighted by atomic mass is 9.73. The fourth-order valence-electron chi connectivity index (χ4n) is 3.09. The fourth-order valence-corrected chi connectivity index (χ4v) is 3.94. The molecule has 0 saturated heterocycles. The van der Waals surface area contributed by atoms with E-state index in [9.17, 15) is 4.79 Å². The van der Waals surface area contributed by atoms with Gasteiger partial charge in [0, 0.05) is 5.39 Å². The summed E-state index contributed by atoms with van der Waals surface area (Å²) in [5.74, 6) is -0.355. The van der Waals surface area contributed by atoms with Gasteiger partial charge in [-0.05, 0) is 50.2 Å². The molecule has 0 radical (unpaired) electrons. The van der Waals surface area contributed by atoms with Crippen LogP contribution in [0.5, 0.6) is 0 Å². The van der Waals surface area contributed by atoms with E-state index in [4.69, 9.17) is 5.73 Å². The Morgan fingerprint density at radius 1 is 1.12 bits per heavy atom. The van der Waals surface area contributed by atoms with Gasteiger partial charge in [0.15, 0.2) is 0 Å². The number of carbonyl (C=O) groups is 1. The second kappa shape index (κ2) is 7.95. The Hall–Kier alpha value is -1.95. The van der Waals surface area contributed by atoms with Crippen LogP contribution < -0.4 is 5.73 Å². The molecule has 1 unspecified atom stereocenters. The molecular weight excluding hydrogens is 354 g/mol. The van der Waals surface area contributed by atoms with E-state index in [0.29, 0.717) is 6.42 Å². The standard InChI is InChI=1S/C19H21N3OS.ClH/c1-22(2)13-12-19(18(20)23,14-8-4-3-5-9-14)17-15-10-6-7-11-16(15)24-21-17;/h3-11H,12-13H2,1-2H3,(H2,20,23);1H. The predicted octanol–water partition coefficient (Wildman–Crippen LogP) is 3.44. The second-order valence-corrected chi connectivity index (χ2v) is 7.02. The SMILES string of the molecule is CN(C)CCC(C(N)=O)(c1ccccc1)c1nsc2ccccc12.Cl. The Bertz CT molecular complexity index is 850. The maximum Gasteiger partial charge on any atom is 0.234 e. The molecule has 0 aliphatic heterocycles. The minimum absolute atomic E-state index is 0. The number of halogens is 1. The summed E-state index contributed by atoms with van der Waals surface area (Å²) in [6, 6.07) is 17.8. The fraction of sp³-hybridized carbons (Fsp3) is 0.263. The maximum absolute atomic E-state index is 12.7. The lowest BCUT2D eigenvalue weighted by molar-refractivity contribution is -0.122. The van der Waals surface area contributed by atoms with Gasteiger partial charge in [0.05, 0.1) is 10.4 Å². The van der Waals surface area contributed by atoms with Crippen molar-refractivity contribution in [2.45, 2.75) is 11.8 Å². The van der Waals surface area contributed by atoms with Crippen LogP contribution in [0, 0.1) is 0 Å². The molecular formula is C19H22ClN3OS. The monoisotopic (exact) mass is 375 g/mol. The number of benzene rings is 2. The average molecular weight is 376 g/mol. The highest BCUT2D eigenvalue weighted by Crippen LogP contribution is 2.40. The molecule has 2 N–H and O–H groups in total. The molecule has 25 heavy (non-hydrogen) atoms. The zero-order valence-corrected chi connectivity index (χ0v) is 15.9. The molecule has 3 rings (SSSR count). The molecule has 1 atom stereocenters. The van der Waals surface area contributed by atoms with Crippen molar-refractivity contribution in [3.05, 3.63) is 65.9 Å². The number of nitrogens with zero attached hydrogens (tertiary/aromatic N) is 2. The Balaban J connectivity index is 0.00000225. The number of hydrogen-bond acceptors (Lipinski definition) is 4. The molecule has 2 aromatic carbocycles. The number of nitrogens with two attached hydrogens (primary N) is 1. The number of fused-ring (bicyclic) bond motifs is 1. The van der Waals surface area contributed by atoms with Crippen LogP contribution in [0.3, 0.4) is 0 Å². The summed E-state index contributed by atoms with van der Waals surface area (Å²) >= 11 is 1.42. The maximum atomic E-state index is 12.7. The van der Waals surface area contributed by atoms with Crippen LogP contribution in [0.2, 0.25) is 0 Å². The summed E-state index contributed by atoms with van der Waals surface area (Å²) in [7, 11) is 3.99. The number of amides is 1. The Kier molecular flexibility index (Phi) is 6.16. The molecule has 0 saturated carbocycles. The van der Waals surface area contributed by atoms with Crippen LogP contribution in [-0.2, 0) is 10.2 Å². The number of hydrogen-bond donors (Lipinski definition) is 1. The van der Waals surface area contributed by atoms with Crippen LogP contribution in [-0.4, -0.2) is 35.8 Å². The highest BCUT2D eigenvalue weighted by atomic mass is 35.5. The van der Waals surface area contributed by atoms with E-state index in [2.05, 4.69) is 9.27 Å². The first-order chi connectivity index (χ1) is 11.6. The van der Waals surface area contributed by atoms with E-state index >= 15 is 0 Å². The van der Waals surface area contributed by atoms with Crippen molar-refractivity contribution in [1.29, 1.82) is 0 Å². The van der Waals surface area contributed by atoms with E-state index in [1.54, 1.807) is 0 Å². The molecule has 0 spiro atoms. The average Bonchev–Trinajstić information content (AvgIpc) is 3.01. The first kappa shape index (κ1) is 19.4. The van der Waals surface area contributed by atoms with Gasteiger partial charge in [0.2, 0.25) is 5.91 Å². The topological polar surface area (TPSA) is 59.2 Å². The second-order valence-electron chi connectivity index (χ2n) is 6.22. The molecule has 1 aromatic heterocycles. The summed E-state index contributed by atoms with van der Waals surface area (Å²) < 4.78 is 5.73. The van der Waals surface area contributed by atoms with Gasteiger partial charge >= 0.3 is 0 Å². The lowest BCUT2D eigenvalue weighted by Gasteiger charge is -2.31. The molecule has 132 valence electrons. The van der Waals surface area contributed by atoms with Crippen LogP contribution in [0.4, 0.5) is 0 Å². The Morgan fingerprint density at radius 3 is 2.40 bits per heavy atom. The van der Waals surface area contributed by atoms with Gasteiger partial charge in [-0.3, -0.25) is 4.79 Å². The normalized spacial score (nSPS) is 13.4. The van der Waals surface area contributed by atoms with Crippen molar-refractivity contribution in [2.75, 3.05) is 20.6 Å². The number of rotatable bonds is 6. The first-order valence-corrected chi connectivity index (χ1v) is 8.68. The molecule has 4 nitrogen and oxygen atoms in total. The summed E-state index contributed by atoms with van der Waals surface area (Å²) in [6.45, 7) is 0.740. The van der Waals surface area contributed by atoms with E-state index in [0.717, 1.165) is 27.9 Å². The highest BCUT2D eigenvalue weighted by Gasteiger charge is 2.43. The molecule has 1 amide bonds. The van der Waals surface area contributed by atoms with Gasteiger partial charge in [-0.25, -0.2) is 0 Å². The van der Waals surface area contributed by atoms with Crippen molar-refractivity contribution in [3.8, 4) is 0 Å². The van der Waals surface area contributed by atoms with Crippen LogP contribution in [0.25, 0.3) is 10.1 Å². The molecule has 0 bridgehead atoms. The predicted molar refractivity (Wildman–Crippen MR) is 106 cm³/mol. The van der Waals surface area contributed by atoms with Crippen molar-refractivity contribution in [2.24, 2.45) is 5.73 Å². The van der Waals surface area contributed by atoms with E-state index in [1.807, 2.05) is 68.7 Å². The third-order valence-corrected chi connectivity index (χ3v) is 5.23. The zero-order chi connectivity index (χ0) is 17.2. The third-order valence-electron chi connectivity index (χ3n) is 4.40. The van der Waals surface area contributed by atoms with E-state index < -0.39 is 5.41 Å². The van der Waals surface area contributed by atoms with Gasteiger partial charge in [0.1, 0.15) is 5.41 Å².